The number of rotatable bonds is 3. The fourth-order valence-electron chi connectivity index (χ4n) is 3.38. The molecular formula is C16H27N3O. The molecule has 20 heavy (non-hydrogen) atoms. The molecular weight excluding hydrogens is 250 g/mol. The van der Waals surface area contributed by atoms with E-state index in [-0.39, 0.29) is 6.04 Å². The summed E-state index contributed by atoms with van der Waals surface area (Å²) in [6.45, 7) is 5.19. The predicted molar refractivity (Wildman–Crippen MR) is 79.0 cm³/mol. The fraction of sp³-hybridized carbons (Fsp3) is 0.875. The zero-order valence-electron chi connectivity index (χ0n) is 12.7. The third-order valence-corrected chi connectivity index (χ3v) is 4.84. The van der Waals surface area contributed by atoms with Crippen LogP contribution >= 0.6 is 0 Å². The topological polar surface area (TPSA) is 47.3 Å². The molecule has 4 heteroatoms. The van der Waals surface area contributed by atoms with Crippen molar-refractivity contribution in [3.05, 3.63) is 0 Å². The van der Waals surface area contributed by atoms with Gasteiger partial charge in [-0.3, -0.25) is 9.69 Å². The van der Waals surface area contributed by atoms with Crippen molar-refractivity contribution in [1.82, 2.24) is 9.80 Å². The Bertz CT molecular complexity index is 347. The molecule has 1 unspecified atom stereocenters. The van der Waals surface area contributed by atoms with Crippen LogP contribution in [0.1, 0.15) is 51.9 Å². The van der Waals surface area contributed by atoms with Gasteiger partial charge in [-0.2, -0.15) is 5.26 Å². The maximum atomic E-state index is 12.4. The molecule has 0 radical (unpaired) electrons. The van der Waals surface area contributed by atoms with Crippen molar-refractivity contribution in [3.63, 3.8) is 0 Å². The lowest BCUT2D eigenvalue weighted by molar-refractivity contribution is -0.134. The maximum Gasteiger partial charge on any atom is 0.222 e. The number of nitriles is 1. The summed E-state index contributed by atoms with van der Waals surface area (Å²) < 4.78 is 0. The van der Waals surface area contributed by atoms with Crippen molar-refractivity contribution in [3.8, 4) is 6.07 Å². The first kappa shape index (κ1) is 15.3. The van der Waals surface area contributed by atoms with E-state index in [0.717, 1.165) is 32.6 Å². The molecule has 2 rings (SSSR count). The Morgan fingerprint density at radius 2 is 1.75 bits per heavy atom. The van der Waals surface area contributed by atoms with Crippen molar-refractivity contribution < 1.29 is 4.79 Å². The van der Waals surface area contributed by atoms with E-state index >= 15 is 0 Å². The van der Waals surface area contributed by atoms with E-state index in [0.29, 0.717) is 11.8 Å². The Hall–Kier alpha value is -1.08. The van der Waals surface area contributed by atoms with E-state index in [4.69, 9.17) is 5.26 Å². The van der Waals surface area contributed by atoms with Crippen molar-refractivity contribution in [2.24, 2.45) is 5.92 Å². The van der Waals surface area contributed by atoms with Crippen LogP contribution in [0.25, 0.3) is 0 Å². The van der Waals surface area contributed by atoms with Crippen LogP contribution in [0.5, 0.6) is 0 Å². The average molecular weight is 277 g/mol. The number of amides is 1. The van der Waals surface area contributed by atoms with Gasteiger partial charge in [-0.05, 0) is 25.7 Å². The van der Waals surface area contributed by atoms with Gasteiger partial charge in [-0.1, -0.05) is 25.7 Å². The first-order valence-corrected chi connectivity index (χ1v) is 8.12. The normalized spacial score (nSPS) is 23.9. The van der Waals surface area contributed by atoms with E-state index < -0.39 is 0 Å². The van der Waals surface area contributed by atoms with E-state index in [9.17, 15) is 4.79 Å². The highest BCUT2D eigenvalue weighted by molar-refractivity contribution is 5.76. The molecule has 0 spiro atoms. The van der Waals surface area contributed by atoms with Gasteiger partial charge in [-0.15, -0.1) is 0 Å². The molecule has 4 nitrogen and oxygen atoms in total. The van der Waals surface area contributed by atoms with Gasteiger partial charge in [-0.25, -0.2) is 0 Å². The molecule has 2 aliphatic rings. The zero-order chi connectivity index (χ0) is 14.4. The third kappa shape index (κ3) is 4.21. The second kappa shape index (κ2) is 7.64. The molecule has 2 fully saturated rings. The van der Waals surface area contributed by atoms with Crippen molar-refractivity contribution in [2.75, 3.05) is 26.2 Å². The minimum atomic E-state index is -0.0332. The molecule has 0 aromatic rings. The predicted octanol–water partition coefficient (Wildman–Crippen LogP) is 2.40. The molecule has 0 bridgehead atoms. The van der Waals surface area contributed by atoms with E-state index in [2.05, 4.69) is 11.0 Å². The summed E-state index contributed by atoms with van der Waals surface area (Å²) in [4.78, 5) is 16.5. The highest BCUT2D eigenvalue weighted by atomic mass is 16.2. The average Bonchev–Trinajstić information content (AvgIpc) is 2.75. The Labute approximate surface area is 122 Å². The summed E-state index contributed by atoms with van der Waals surface area (Å²) in [5.74, 6) is 0.947. The molecule has 1 saturated carbocycles. The molecule has 1 heterocycles. The smallest absolute Gasteiger partial charge is 0.222 e. The number of carbonyl (C=O) groups is 1. The Balaban J connectivity index is 1.75. The molecule has 1 aliphatic heterocycles. The van der Waals surface area contributed by atoms with Crippen LogP contribution in [0.2, 0.25) is 0 Å². The van der Waals surface area contributed by atoms with Gasteiger partial charge >= 0.3 is 0 Å². The lowest BCUT2D eigenvalue weighted by atomic mass is 9.96. The maximum absolute atomic E-state index is 12.4. The van der Waals surface area contributed by atoms with E-state index in [1.807, 2.05) is 11.8 Å². The lowest BCUT2D eigenvalue weighted by Crippen LogP contribution is -2.51. The summed E-state index contributed by atoms with van der Waals surface area (Å²) in [7, 11) is 0. The molecule has 0 aromatic carbocycles. The summed E-state index contributed by atoms with van der Waals surface area (Å²) in [5, 5.41) is 8.93. The first-order chi connectivity index (χ1) is 9.70. The van der Waals surface area contributed by atoms with Gasteiger partial charge in [0.1, 0.15) is 0 Å². The van der Waals surface area contributed by atoms with Gasteiger partial charge in [0.15, 0.2) is 0 Å². The number of hydrogen-bond acceptors (Lipinski definition) is 3. The SMILES string of the molecule is CC(C#N)N1CCN(C(=O)CC2CCCCCC2)CC1. The standard InChI is InChI=1S/C16H27N3O/c1-14(13-17)18-8-10-19(11-9-18)16(20)12-15-6-4-2-3-5-7-15/h14-15H,2-12H2,1H3. The van der Waals surface area contributed by atoms with Crippen LogP contribution in [0, 0.1) is 17.2 Å². The van der Waals surface area contributed by atoms with Crippen molar-refractivity contribution >= 4 is 5.91 Å². The van der Waals surface area contributed by atoms with Crippen LogP contribution < -0.4 is 0 Å². The van der Waals surface area contributed by atoms with Crippen LogP contribution in [-0.4, -0.2) is 47.9 Å². The van der Waals surface area contributed by atoms with Gasteiger partial charge in [0, 0.05) is 32.6 Å². The van der Waals surface area contributed by atoms with Crippen LogP contribution in [0.15, 0.2) is 0 Å². The van der Waals surface area contributed by atoms with E-state index in [1.54, 1.807) is 0 Å². The molecule has 1 atom stereocenters. The molecule has 0 aromatic heterocycles. The third-order valence-electron chi connectivity index (χ3n) is 4.84. The number of carbonyl (C=O) groups excluding carboxylic acids is 1. The quantitative estimate of drug-likeness (QED) is 0.744. The van der Waals surface area contributed by atoms with Crippen molar-refractivity contribution in [1.29, 1.82) is 5.26 Å². The number of nitrogens with zero attached hydrogens (tertiary/aromatic N) is 3. The molecule has 1 amide bonds. The minimum Gasteiger partial charge on any atom is -0.340 e. The second-order valence-corrected chi connectivity index (χ2v) is 6.28. The summed E-state index contributed by atoms with van der Waals surface area (Å²) in [6, 6.07) is 2.24. The van der Waals surface area contributed by atoms with Crippen molar-refractivity contribution in [2.45, 2.75) is 57.9 Å². The number of hydrogen-bond donors (Lipinski definition) is 0. The summed E-state index contributed by atoms with van der Waals surface area (Å²) in [6.07, 6.45) is 8.49. The van der Waals surface area contributed by atoms with Crippen LogP contribution in [0.3, 0.4) is 0 Å². The van der Waals surface area contributed by atoms with Gasteiger partial charge < -0.3 is 4.90 Å². The lowest BCUT2D eigenvalue weighted by Gasteiger charge is -2.36. The Morgan fingerprint density at radius 1 is 1.15 bits per heavy atom. The summed E-state index contributed by atoms with van der Waals surface area (Å²) >= 11 is 0. The van der Waals surface area contributed by atoms with Gasteiger partial charge in [0.2, 0.25) is 5.91 Å². The fourth-order valence-corrected chi connectivity index (χ4v) is 3.38. The monoisotopic (exact) mass is 277 g/mol. The van der Waals surface area contributed by atoms with E-state index in [1.165, 1.54) is 38.5 Å². The number of piperazine rings is 1. The highest BCUT2D eigenvalue weighted by Gasteiger charge is 2.25. The largest absolute Gasteiger partial charge is 0.340 e. The van der Waals surface area contributed by atoms with Crippen LogP contribution in [-0.2, 0) is 4.79 Å². The molecule has 0 N–H and O–H groups in total. The summed E-state index contributed by atoms with van der Waals surface area (Å²) in [5.41, 5.74) is 0. The highest BCUT2D eigenvalue weighted by Crippen LogP contribution is 2.26. The van der Waals surface area contributed by atoms with Gasteiger partial charge in [0.05, 0.1) is 12.1 Å². The Kier molecular flexibility index (Phi) is 5.85. The van der Waals surface area contributed by atoms with Gasteiger partial charge in [0.25, 0.3) is 0 Å². The molecule has 1 aliphatic carbocycles. The second-order valence-electron chi connectivity index (χ2n) is 6.28. The zero-order valence-corrected chi connectivity index (χ0v) is 12.7. The van der Waals surface area contributed by atoms with Crippen LogP contribution in [0.4, 0.5) is 0 Å². The first-order valence-electron chi connectivity index (χ1n) is 8.12. The molecule has 112 valence electrons. The Morgan fingerprint density at radius 3 is 2.30 bits per heavy atom. The minimum absolute atomic E-state index is 0.0332. The molecule has 1 saturated heterocycles.